The highest BCUT2D eigenvalue weighted by Gasteiger charge is 2.51. The highest BCUT2D eigenvalue weighted by atomic mass is 32.2. The summed E-state index contributed by atoms with van der Waals surface area (Å²) in [6.45, 7) is 14.4. The van der Waals surface area contributed by atoms with Gasteiger partial charge in [-0.2, -0.15) is 0 Å². The van der Waals surface area contributed by atoms with Crippen molar-refractivity contribution in [3.8, 4) is 5.75 Å². The Hall–Kier alpha value is -2.84. The lowest BCUT2D eigenvalue weighted by atomic mass is 9.75. The number of benzene rings is 2. The molecule has 1 saturated heterocycles. The van der Waals surface area contributed by atoms with E-state index < -0.39 is 15.6 Å². The van der Waals surface area contributed by atoms with Gasteiger partial charge in [-0.05, 0) is 65.5 Å². The van der Waals surface area contributed by atoms with E-state index in [0.29, 0.717) is 22.6 Å². The number of carbonyl (C=O) groups is 1. The van der Waals surface area contributed by atoms with Crippen LogP contribution in [0.2, 0.25) is 0 Å². The summed E-state index contributed by atoms with van der Waals surface area (Å²) in [6, 6.07) is 7.49. The van der Waals surface area contributed by atoms with E-state index in [4.69, 9.17) is 9.47 Å². The van der Waals surface area contributed by atoms with Crippen molar-refractivity contribution in [1.82, 2.24) is 8.87 Å². The Bertz CT molecular complexity index is 1550. The van der Waals surface area contributed by atoms with Crippen molar-refractivity contribution < 1.29 is 22.7 Å². The van der Waals surface area contributed by atoms with Crippen molar-refractivity contribution >= 4 is 26.8 Å². The van der Waals surface area contributed by atoms with Gasteiger partial charge in [0, 0.05) is 24.2 Å². The molecule has 0 bridgehead atoms. The number of hydrogen-bond donors (Lipinski definition) is 0. The van der Waals surface area contributed by atoms with Gasteiger partial charge >= 0.3 is 0 Å². The Morgan fingerprint density at radius 2 is 1.64 bits per heavy atom. The molecule has 1 aliphatic carbocycles. The zero-order valence-electron chi connectivity index (χ0n) is 24.5. The first-order chi connectivity index (χ1) is 18.2. The first-order valence-electron chi connectivity index (χ1n) is 13.8. The molecule has 0 saturated carbocycles. The highest BCUT2D eigenvalue weighted by Crippen LogP contribution is 2.50. The summed E-state index contributed by atoms with van der Waals surface area (Å²) in [5, 5.41) is 0.829. The lowest BCUT2D eigenvalue weighted by Crippen LogP contribution is -2.59. The monoisotopic (exact) mass is 552 g/mol. The number of likely N-dealkylation sites (N-methyl/N-ethyl adjacent to an activating group) is 1. The minimum atomic E-state index is -3.98. The van der Waals surface area contributed by atoms with Crippen molar-refractivity contribution in [2.24, 2.45) is 0 Å². The van der Waals surface area contributed by atoms with E-state index in [1.807, 2.05) is 19.1 Å². The van der Waals surface area contributed by atoms with Crippen LogP contribution >= 0.6 is 0 Å². The summed E-state index contributed by atoms with van der Waals surface area (Å²) in [6.07, 6.45) is 2.23. The molecule has 7 nitrogen and oxygen atoms in total. The molecular weight excluding hydrogens is 512 g/mol. The van der Waals surface area contributed by atoms with Crippen LogP contribution in [0.4, 0.5) is 0 Å². The summed E-state index contributed by atoms with van der Waals surface area (Å²) in [5.41, 5.74) is 4.25. The molecule has 2 aliphatic rings. The molecule has 3 aromatic rings. The summed E-state index contributed by atoms with van der Waals surface area (Å²) in [7, 11) is -0.582. The van der Waals surface area contributed by atoms with Gasteiger partial charge in [0.15, 0.2) is 0 Å². The molecule has 2 heterocycles. The number of fused-ring (bicyclic) bond motifs is 2. The second-order valence-corrected chi connectivity index (χ2v) is 13.9. The first kappa shape index (κ1) is 27.7. The summed E-state index contributed by atoms with van der Waals surface area (Å²) >= 11 is 0. The number of hydrogen-bond acceptors (Lipinski definition) is 5. The third-order valence-corrected chi connectivity index (χ3v) is 10.5. The fourth-order valence-corrected chi connectivity index (χ4v) is 8.45. The number of rotatable bonds is 6. The number of nitrogens with zero attached hydrogens (tertiary/aromatic N) is 2. The number of methoxy groups -OCH3 is 1. The van der Waals surface area contributed by atoms with E-state index in [1.165, 1.54) is 3.97 Å². The van der Waals surface area contributed by atoms with Crippen LogP contribution in [0.25, 0.3) is 10.9 Å². The third kappa shape index (κ3) is 4.01. The SMILES string of the molecule is COc1ccc2c3c(cn2S(=O)(=O)c2c(C(C)C)cc(C(C)C)cc2C(C)C)C[C@@H]2N(C)C(=O)CO[C@@]2(C)c13. The topological polar surface area (TPSA) is 77.8 Å². The quantitative estimate of drug-likeness (QED) is 0.381. The van der Waals surface area contributed by atoms with E-state index in [9.17, 15) is 13.2 Å². The van der Waals surface area contributed by atoms with Gasteiger partial charge in [-0.15, -0.1) is 0 Å². The molecule has 8 heteroatoms. The number of amides is 1. The van der Waals surface area contributed by atoms with Gasteiger partial charge in [-0.1, -0.05) is 53.7 Å². The molecule has 210 valence electrons. The van der Waals surface area contributed by atoms with Gasteiger partial charge < -0.3 is 14.4 Å². The van der Waals surface area contributed by atoms with Crippen molar-refractivity contribution in [2.45, 2.75) is 89.2 Å². The van der Waals surface area contributed by atoms with Crippen molar-refractivity contribution in [3.63, 3.8) is 0 Å². The third-order valence-electron chi connectivity index (χ3n) is 8.69. The summed E-state index contributed by atoms with van der Waals surface area (Å²) < 4.78 is 42.9. The maximum atomic E-state index is 14.7. The van der Waals surface area contributed by atoms with Gasteiger partial charge in [0.2, 0.25) is 5.91 Å². The predicted octanol–water partition coefficient (Wildman–Crippen LogP) is 5.89. The van der Waals surface area contributed by atoms with Gasteiger partial charge in [-0.3, -0.25) is 4.79 Å². The van der Waals surface area contributed by atoms with Crippen LogP contribution in [0.15, 0.2) is 35.4 Å². The maximum absolute atomic E-state index is 14.7. The second kappa shape index (κ2) is 9.37. The van der Waals surface area contributed by atoms with E-state index >= 15 is 0 Å². The fraction of sp³-hybridized carbons (Fsp3) is 0.516. The van der Waals surface area contributed by atoms with Crippen LogP contribution in [0.1, 0.15) is 94.0 Å². The molecule has 1 fully saturated rings. The maximum Gasteiger partial charge on any atom is 0.268 e. The fourth-order valence-electron chi connectivity index (χ4n) is 6.39. The highest BCUT2D eigenvalue weighted by molar-refractivity contribution is 7.90. The average molecular weight is 553 g/mol. The van der Waals surface area contributed by atoms with Gasteiger partial charge in [-0.25, -0.2) is 12.4 Å². The van der Waals surface area contributed by atoms with Crippen molar-refractivity contribution in [3.05, 3.63) is 58.3 Å². The molecule has 0 N–H and O–H groups in total. The lowest BCUT2D eigenvalue weighted by molar-refractivity contribution is -0.174. The van der Waals surface area contributed by atoms with Crippen LogP contribution in [0.3, 0.4) is 0 Å². The zero-order valence-corrected chi connectivity index (χ0v) is 25.3. The van der Waals surface area contributed by atoms with Gasteiger partial charge in [0.05, 0.1) is 23.6 Å². The van der Waals surface area contributed by atoms with E-state index in [1.54, 1.807) is 25.3 Å². The standard InChI is InChI=1S/C31H40N2O5S/c1-17(2)20-12-22(18(3)4)30(23(13-20)19(5)6)39(35,36)33-15-21-14-26-31(7,38-16-27(34)32(26)8)29-25(37-9)11-10-24(33)28(21)29/h10-13,15,17-19,26H,14,16H2,1-9H3/t26-,31+/m0/s1. The summed E-state index contributed by atoms with van der Waals surface area (Å²) in [5.74, 6) is 0.860. The van der Waals surface area contributed by atoms with E-state index in [0.717, 1.165) is 33.2 Å². The average Bonchev–Trinajstić information content (AvgIpc) is 3.26. The minimum Gasteiger partial charge on any atom is -0.496 e. The minimum absolute atomic E-state index is 0.0217. The van der Waals surface area contributed by atoms with Crippen molar-refractivity contribution in [2.75, 3.05) is 20.8 Å². The second-order valence-electron chi connectivity index (χ2n) is 12.1. The zero-order chi connectivity index (χ0) is 28.6. The number of aromatic nitrogens is 1. The van der Waals surface area contributed by atoms with Crippen LogP contribution in [-0.2, 0) is 31.6 Å². The Morgan fingerprint density at radius 1 is 1.03 bits per heavy atom. The molecule has 0 radical (unpaired) electrons. The van der Waals surface area contributed by atoms with E-state index in [-0.39, 0.29) is 36.3 Å². The molecule has 1 amide bonds. The number of carbonyl (C=O) groups excluding carboxylic acids is 1. The van der Waals surface area contributed by atoms with Crippen LogP contribution in [0.5, 0.6) is 5.75 Å². The molecule has 0 spiro atoms. The Kier molecular flexibility index (Phi) is 6.66. The van der Waals surface area contributed by atoms with Crippen LogP contribution in [0, 0.1) is 0 Å². The number of morpholine rings is 1. The smallest absolute Gasteiger partial charge is 0.268 e. The largest absolute Gasteiger partial charge is 0.496 e. The van der Waals surface area contributed by atoms with Gasteiger partial charge in [0.1, 0.15) is 18.0 Å². The molecule has 1 aliphatic heterocycles. The lowest BCUT2D eigenvalue weighted by Gasteiger charge is -2.49. The Labute approximate surface area is 232 Å². The first-order valence-corrected chi connectivity index (χ1v) is 15.2. The Balaban J connectivity index is 1.83. The molecule has 5 rings (SSSR count). The van der Waals surface area contributed by atoms with Crippen molar-refractivity contribution in [1.29, 1.82) is 0 Å². The van der Waals surface area contributed by atoms with Crippen LogP contribution < -0.4 is 4.74 Å². The molecule has 0 unspecified atom stereocenters. The van der Waals surface area contributed by atoms with Gasteiger partial charge in [0.25, 0.3) is 10.0 Å². The summed E-state index contributed by atoms with van der Waals surface area (Å²) in [4.78, 5) is 14.7. The molecule has 2 atom stereocenters. The molecular formula is C31H40N2O5S. The molecule has 1 aromatic heterocycles. The number of ether oxygens (including phenoxy) is 2. The molecule has 2 aromatic carbocycles. The normalized spacial score (nSPS) is 21.4. The van der Waals surface area contributed by atoms with Crippen LogP contribution in [-0.4, -0.2) is 50.0 Å². The molecule has 39 heavy (non-hydrogen) atoms. The van der Waals surface area contributed by atoms with E-state index in [2.05, 4.69) is 53.7 Å². The Morgan fingerprint density at radius 3 is 2.18 bits per heavy atom. The predicted molar refractivity (Wildman–Crippen MR) is 153 cm³/mol.